The van der Waals surface area contributed by atoms with E-state index in [9.17, 15) is 4.79 Å². The average Bonchev–Trinajstić information content (AvgIpc) is 2.98. The van der Waals surface area contributed by atoms with Gasteiger partial charge in [0.25, 0.3) is 0 Å². The highest BCUT2D eigenvalue weighted by molar-refractivity contribution is 7.16. The SMILES string of the molecule is COc1ccc(C)c2nc(-c3sc4c(c3C)CCC=C4)cc(C=O)c12. The second-order valence-electron chi connectivity index (χ2n) is 6.36. The first kappa shape index (κ1) is 16.0. The van der Waals surface area contributed by atoms with Crippen molar-refractivity contribution in [3.63, 3.8) is 0 Å². The number of methoxy groups -OCH3 is 1. The van der Waals surface area contributed by atoms with Crippen molar-refractivity contribution in [2.24, 2.45) is 0 Å². The van der Waals surface area contributed by atoms with Crippen molar-refractivity contribution < 1.29 is 9.53 Å². The molecule has 25 heavy (non-hydrogen) atoms. The van der Waals surface area contributed by atoms with Crippen LogP contribution in [0.2, 0.25) is 0 Å². The molecule has 0 N–H and O–H groups in total. The first-order valence-electron chi connectivity index (χ1n) is 8.36. The topological polar surface area (TPSA) is 39.2 Å². The third-order valence-corrected chi connectivity index (χ3v) is 6.19. The predicted octanol–water partition coefficient (Wildman–Crippen LogP) is 5.36. The molecule has 0 saturated carbocycles. The van der Waals surface area contributed by atoms with E-state index in [1.165, 1.54) is 16.0 Å². The van der Waals surface area contributed by atoms with E-state index in [1.807, 2.05) is 25.1 Å². The van der Waals surface area contributed by atoms with E-state index >= 15 is 0 Å². The van der Waals surface area contributed by atoms with Crippen molar-refractivity contribution in [2.75, 3.05) is 7.11 Å². The Kier molecular flexibility index (Phi) is 3.92. The summed E-state index contributed by atoms with van der Waals surface area (Å²) in [6, 6.07) is 5.78. The van der Waals surface area contributed by atoms with Gasteiger partial charge in [-0.25, -0.2) is 4.98 Å². The Bertz CT molecular complexity index is 1030. The van der Waals surface area contributed by atoms with Gasteiger partial charge < -0.3 is 4.74 Å². The number of aromatic nitrogens is 1. The number of carbonyl (C=O) groups excluding carboxylic acids is 1. The van der Waals surface area contributed by atoms with Gasteiger partial charge in [0.1, 0.15) is 5.75 Å². The number of aryl methyl sites for hydroxylation is 1. The maximum atomic E-state index is 11.8. The van der Waals surface area contributed by atoms with Crippen molar-refractivity contribution in [2.45, 2.75) is 26.7 Å². The first-order valence-corrected chi connectivity index (χ1v) is 9.18. The van der Waals surface area contributed by atoms with E-state index < -0.39 is 0 Å². The molecular formula is C21H19NO2S. The monoisotopic (exact) mass is 349 g/mol. The number of nitrogens with zero attached hydrogens (tertiary/aromatic N) is 1. The Balaban J connectivity index is 2.01. The fraction of sp³-hybridized carbons (Fsp3) is 0.238. The van der Waals surface area contributed by atoms with Gasteiger partial charge in [-0.2, -0.15) is 0 Å². The molecule has 0 fully saturated rings. The number of allylic oxidation sites excluding steroid dienone is 1. The molecule has 0 saturated heterocycles. The summed E-state index contributed by atoms with van der Waals surface area (Å²) >= 11 is 1.76. The van der Waals surface area contributed by atoms with Crippen molar-refractivity contribution in [1.82, 2.24) is 4.98 Å². The smallest absolute Gasteiger partial charge is 0.150 e. The van der Waals surface area contributed by atoms with Crippen LogP contribution >= 0.6 is 11.3 Å². The average molecular weight is 349 g/mol. The molecule has 0 bridgehead atoms. The van der Waals surface area contributed by atoms with Crippen LogP contribution < -0.4 is 4.74 Å². The van der Waals surface area contributed by atoms with Crippen LogP contribution in [0, 0.1) is 13.8 Å². The van der Waals surface area contributed by atoms with Crippen molar-refractivity contribution in [3.05, 3.63) is 51.4 Å². The van der Waals surface area contributed by atoms with Gasteiger partial charge in [0.2, 0.25) is 0 Å². The zero-order chi connectivity index (χ0) is 17.6. The van der Waals surface area contributed by atoms with Gasteiger partial charge in [-0.05, 0) is 61.6 Å². The molecule has 1 aromatic carbocycles. The van der Waals surface area contributed by atoms with Gasteiger partial charge >= 0.3 is 0 Å². The third kappa shape index (κ3) is 2.48. The molecule has 0 unspecified atom stereocenters. The van der Waals surface area contributed by atoms with Gasteiger partial charge in [-0.15, -0.1) is 11.3 Å². The van der Waals surface area contributed by atoms with E-state index in [2.05, 4.69) is 19.1 Å². The Morgan fingerprint density at radius 3 is 2.84 bits per heavy atom. The van der Waals surface area contributed by atoms with E-state index in [0.717, 1.165) is 46.2 Å². The molecule has 1 aliphatic rings. The Morgan fingerprint density at radius 2 is 2.12 bits per heavy atom. The van der Waals surface area contributed by atoms with Gasteiger partial charge in [0.05, 0.1) is 28.6 Å². The maximum absolute atomic E-state index is 11.8. The number of hydrogen-bond acceptors (Lipinski definition) is 4. The maximum Gasteiger partial charge on any atom is 0.150 e. The second kappa shape index (κ2) is 6.12. The van der Waals surface area contributed by atoms with Crippen LogP contribution in [0.3, 0.4) is 0 Å². The highest BCUT2D eigenvalue weighted by Gasteiger charge is 2.19. The van der Waals surface area contributed by atoms with Crippen LogP contribution in [-0.2, 0) is 6.42 Å². The number of carbonyl (C=O) groups is 1. The van der Waals surface area contributed by atoms with E-state index in [-0.39, 0.29) is 0 Å². The number of pyridine rings is 1. The minimum atomic E-state index is 0.627. The second-order valence-corrected chi connectivity index (χ2v) is 7.42. The number of aldehydes is 1. The van der Waals surface area contributed by atoms with Crippen LogP contribution in [0.15, 0.2) is 24.3 Å². The fourth-order valence-corrected chi connectivity index (χ4v) is 4.78. The first-order chi connectivity index (χ1) is 12.1. The molecular weight excluding hydrogens is 330 g/mol. The van der Waals surface area contributed by atoms with Crippen LogP contribution in [0.5, 0.6) is 5.75 Å². The summed E-state index contributed by atoms with van der Waals surface area (Å²) < 4.78 is 5.46. The lowest BCUT2D eigenvalue weighted by Gasteiger charge is -2.11. The van der Waals surface area contributed by atoms with Gasteiger partial charge in [0, 0.05) is 10.4 Å². The quantitative estimate of drug-likeness (QED) is 0.598. The summed E-state index contributed by atoms with van der Waals surface area (Å²) in [6.45, 7) is 4.18. The molecule has 0 aliphatic heterocycles. The molecule has 0 radical (unpaired) electrons. The van der Waals surface area contributed by atoms with Crippen molar-refractivity contribution >= 4 is 34.6 Å². The number of rotatable bonds is 3. The minimum Gasteiger partial charge on any atom is -0.496 e. The van der Waals surface area contributed by atoms with Crippen molar-refractivity contribution in [3.8, 4) is 16.3 Å². The fourth-order valence-electron chi connectivity index (χ4n) is 3.53. The lowest BCUT2D eigenvalue weighted by Crippen LogP contribution is -1.97. The predicted molar refractivity (Wildman–Crippen MR) is 104 cm³/mol. The molecule has 2 aromatic heterocycles. The number of hydrogen-bond donors (Lipinski definition) is 0. The zero-order valence-electron chi connectivity index (χ0n) is 14.6. The minimum absolute atomic E-state index is 0.627. The normalized spacial score (nSPS) is 13.1. The summed E-state index contributed by atoms with van der Waals surface area (Å²) in [5, 5.41) is 0.792. The number of ether oxygens (including phenoxy) is 1. The molecule has 0 atom stereocenters. The lowest BCUT2D eigenvalue weighted by molar-refractivity contribution is 0.112. The van der Waals surface area contributed by atoms with Gasteiger partial charge in [0.15, 0.2) is 6.29 Å². The van der Waals surface area contributed by atoms with E-state index in [0.29, 0.717) is 11.3 Å². The van der Waals surface area contributed by atoms with Gasteiger partial charge in [-0.1, -0.05) is 12.1 Å². The van der Waals surface area contributed by atoms with Crippen LogP contribution in [0.25, 0.3) is 27.6 Å². The third-order valence-electron chi connectivity index (χ3n) is 4.87. The van der Waals surface area contributed by atoms with Crippen LogP contribution in [-0.4, -0.2) is 18.4 Å². The molecule has 3 nitrogen and oxygen atoms in total. The molecule has 4 rings (SSSR count). The Morgan fingerprint density at radius 1 is 1.28 bits per heavy atom. The molecule has 0 spiro atoms. The number of fused-ring (bicyclic) bond motifs is 2. The molecule has 3 aromatic rings. The Labute approximate surface area is 151 Å². The van der Waals surface area contributed by atoms with E-state index in [1.54, 1.807) is 18.4 Å². The lowest BCUT2D eigenvalue weighted by atomic mass is 9.98. The van der Waals surface area contributed by atoms with E-state index in [4.69, 9.17) is 9.72 Å². The number of benzene rings is 1. The van der Waals surface area contributed by atoms with Gasteiger partial charge in [-0.3, -0.25) is 4.79 Å². The summed E-state index contributed by atoms with van der Waals surface area (Å²) in [6.07, 6.45) is 7.50. The van der Waals surface area contributed by atoms with Crippen LogP contribution in [0.4, 0.5) is 0 Å². The summed E-state index contributed by atoms with van der Waals surface area (Å²) in [5.74, 6) is 0.687. The summed E-state index contributed by atoms with van der Waals surface area (Å²) in [4.78, 5) is 19.2. The highest BCUT2D eigenvalue weighted by atomic mass is 32.1. The highest BCUT2D eigenvalue weighted by Crippen LogP contribution is 2.40. The molecule has 2 heterocycles. The Hall–Kier alpha value is -2.46. The summed E-state index contributed by atoms with van der Waals surface area (Å²) in [7, 11) is 1.62. The van der Waals surface area contributed by atoms with Crippen LogP contribution in [0.1, 0.15) is 38.3 Å². The molecule has 0 amide bonds. The molecule has 1 aliphatic carbocycles. The standard InChI is InChI=1S/C21H19NO2S/c1-12-8-9-17(24-3)19-14(11-23)10-16(22-20(12)19)21-13(2)15-6-4-5-7-18(15)25-21/h5,7-11H,4,6H2,1-3H3. The zero-order valence-corrected chi connectivity index (χ0v) is 15.4. The summed E-state index contributed by atoms with van der Waals surface area (Å²) in [5.41, 5.74) is 6.08. The molecule has 126 valence electrons. The van der Waals surface area contributed by atoms with Crippen molar-refractivity contribution in [1.29, 1.82) is 0 Å². The largest absolute Gasteiger partial charge is 0.496 e. The number of thiophene rings is 1. The molecule has 4 heteroatoms.